The molecule has 2 N–H and O–H groups in total. The van der Waals surface area contributed by atoms with Crippen molar-refractivity contribution in [2.24, 2.45) is 11.7 Å². The second-order valence-corrected chi connectivity index (χ2v) is 5.45. The van der Waals surface area contributed by atoms with Crippen LogP contribution in [-0.4, -0.2) is 53.8 Å². The Kier molecular flexibility index (Phi) is 4.22. The van der Waals surface area contributed by atoms with Crippen LogP contribution in [0.5, 0.6) is 0 Å². The van der Waals surface area contributed by atoms with E-state index in [1.54, 1.807) is 6.92 Å². The fourth-order valence-electron chi connectivity index (χ4n) is 2.50. The maximum atomic E-state index is 12.1. The summed E-state index contributed by atoms with van der Waals surface area (Å²) in [7, 11) is 0. The van der Waals surface area contributed by atoms with E-state index in [-0.39, 0.29) is 17.9 Å². The number of amides is 2. The lowest BCUT2D eigenvalue weighted by Gasteiger charge is -2.22. The average Bonchev–Trinajstić information content (AvgIpc) is 3.15. The molecule has 1 unspecified atom stereocenters. The zero-order valence-electron chi connectivity index (χ0n) is 11.1. The quantitative estimate of drug-likeness (QED) is 0.781. The molecule has 1 heterocycles. The van der Waals surface area contributed by atoms with E-state index in [9.17, 15) is 9.59 Å². The zero-order valence-corrected chi connectivity index (χ0v) is 11.1. The molecule has 1 saturated carbocycles. The van der Waals surface area contributed by atoms with Crippen molar-refractivity contribution in [2.75, 3.05) is 26.2 Å². The molecule has 2 aliphatic rings. The van der Waals surface area contributed by atoms with Gasteiger partial charge in [-0.1, -0.05) is 0 Å². The minimum Gasteiger partial charge on any atom is -0.341 e. The van der Waals surface area contributed by atoms with Gasteiger partial charge in [0.2, 0.25) is 11.8 Å². The van der Waals surface area contributed by atoms with Crippen LogP contribution in [0, 0.1) is 5.92 Å². The topological polar surface area (TPSA) is 66.6 Å². The molecule has 2 amide bonds. The van der Waals surface area contributed by atoms with Crippen LogP contribution in [0.2, 0.25) is 0 Å². The Morgan fingerprint density at radius 1 is 1.17 bits per heavy atom. The van der Waals surface area contributed by atoms with E-state index < -0.39 is 0 Å². The van der Waals surface area contributed by atoms with Crippen LogP contribution >= 0.6 is 0 Å². The third-order valence-electron chi connectivity index (χ3n) is 3.93. The molecule has 2 fully saturated rings. The summed E-state index contributed by atoms with van der Waals surface area (Å²) in [5, 5.41) is 0. The van der Waals surface area contributed by atoms with Gasteiger partial charge in [-0.2, -0.15) is 0 Å². The van der Waals surface area contributed by atoms with Crippen molar-refractivity contribution in [3.63, 3.8) is 0 Å². The van der Waals surface area contributed by atoms with Gasteiger partial charge in [0.1, 0.15) is 0 Å². The average molecular weight is 253 g/mol. The Hall–Kier alpha value is -1.10. The summed E-state index contributed by atoms with van der Waals surface area (Å²) in [4.78, 5) is 27.1. The van der Waals surface area contributed by atoms with Gasteiger partial charge in [-0.25, -0.2) is 0 Å². The van der Waals surface area contributed by atoms with Gasteiger partial charge in [0.15, 0.2) is 0 Å². The summed E-state index contributed by atoms with van der Waals surface area (Å²) in [6.45, 7) is 4.39. The molecular formula is C13H23N3O2. The van der Waals surface area contributed by atoms with Gasteiger partial charge in [-0.3, -0.25) is 9.59 Å². The fraction of sp³-hybridized carbons (Fsp3) is 0.846. The Balaban J connectivity index is 1.81. The second kappa shape index (κ2) is 5.69. The second-order valence-electron chi connectivity index (χ2n) is 5.45. The first-order chi connectivity index (χ1) is 8.58. The normalized spacial score (nSPS) is 22.6. The van der Waals surface area contributed by atoms with Crippen molar-refractivity contribution in [3.8, 4) is 0 Å². The van der Waals surface area contributed by atoms with Crippen LogP contribution in [0.25, 0.3) is 0 Å². The fourth-order valence-corrected chi connectivity index (χ4v) is 2.50. The first kappa shape index (κ1) is 13.3. The molecule has 1 aliphatic carbocycles. The minimum absolute atomic E-state index is 0.0321. The van der Waals surface area contributed by atoms with Gasteiger partial charge in [-0.05, 0) is 25.2 Å². The molecule has 0 aromatic heterocycles. The van der Waals surface area contributed by atoms with E-state index in [1.165, 1.54) is 12.8 Å². The molecule has 1 atom stereocenters. The largest absolute Gasteiger partial charge is 0.341 e. The molecule has 2 rings (SSSR count). The van der Waals surface area contributed by atoms with Gasteiger partial charge < -0.3 is 15.5 Å². The molecule has 0 bridgehead atoms. The molecule has 1 saturated heterocycles. The van der Waals surface area contributed by atoms with Gasteiger partial charge in [-0.15, -0.1) is 0 Å². The number of carbonyl (C=O) groups is 2. The lowest BCUT2D eigenvalue weighted by molar-refractivity contribution is -0.133. The summed E-state index contributed by atoms with van der Waals surface area (Å²) in [6.07, 6.45) is 3.67. The number of rotatable bonds is 3. The van der Waals surface area contributed by atoms with Crippen LogP contribution in [0.3, 0.4) is 0 Å². The summed E-state index contributed by atoms with van der Waals surface area (Å²) in [6, 6.07) is 0.0321. The highest BCUT2D eigenvalue weighted by atomic mass is 16.2. The van der Waals surface area contributed by atoms with Gasteiger partial charge >= 0.3 is 0 Å². The molecule has 5 nitrogen and oxygen atoms in total. The third kappa shape index (κ3) is 3.45. The summed E-state index contributed by atoms with van der Waals surface area (Å²) >= 11 is 0. The Bertz CT molecular complexity index is 328. The van der Waals surface area contributed by atoms with Crippen LogP contribution in [0.15, 0.2) is 0 Å². The predicted molar refractivity (Wildman–Crippen MR) is 68.8 cm³/mol. The number of carbonyl (C=O) groups excluding carboxylic acids is 2. The van der Waals surface area contributed by atoms with Crippen molar-refractivity contribution in [2.45, 2.75) is 38.6 Å². The van der Waals surface area contributed by atoms with Crippen molar-refractivity contribution < 1.29 is 9.59 Å². The SMILES string of the molecule is CC(=O)N1CCCN(C(=O)CC(N)C2CC2)CC1. The number of nitrogens with two attached hydrogens (primary N) is 1. The standard InChI is InChI=1S/C13H23N3O2/c1-10(17)15-5-2-6-16(8-7-15)13(18)9-12(14)11-3-4-11/h11-12H,2-9,14H2,1H3. The van der Waals surface area contributed by atoms with E-state index in [1.807, 2.05) is 9.80 Å². The smallest absolute Gasteiger partial charge is 0.224 e. The monoisotopic (exact) mass is 253 g/mol. The van der Waals surface area contributed by atoms with E-state index >= 15 is 0 Å². The Morgan fingerprint density at radius 3 is 2.39 bits per heavy atom. The zero-order chi connectivity index (χ0) is 13.1. The first-order valence-electron chi connectivity index (χ1n) is 6.87. The van der Waals surface area contributed by atoms with Crippen LogP contribution < -0.4 is 5.73 Å². The third-order valence-corrected chi connectivity index (χ3v) is 3.93. The molecule has 0 aromatic carbocycles. The summed E-state index contributed by atoms with van der Waals surface area (Å²) < 4.78 is 0. The number of hydrogen-bond donors (Lipinski definition) is 1. The van der Waals surface area contributed by atoms with Crippen molar-refractivity contribution >= 4 is 11.8 Å². The van der Waals surface area contributed by atoms with Crippen molar-refractivity contribution in [1.82, 2.24) is 9.80 Å². The Morgan fingerprint density at radius 2 is 1.78 bits per heavy atom. The van der Waals surface area contributed by atoms with Gasteiger partial charge in [0, 0.05) is 45.6 Å². The molecule has 5 heteroatoms. The molecule has 0 aromatic rings. The maximum Gasteiger partial charge on any atom is 0.224 e. The molecule has 1 aliphatic heterocycles. The van der Waals surface area contributed by atoms with E-state index in [0.717, 1.165) is 19.5 Å². The highest BCUT2D eigenvalue weighted by Gasteiger charge is 2.31. The lowest BCUT2D eigenvalue weighted by atomic mass is 10.1. The summed E-state index contributed by atoms with van der Waals surface area (Å²) in [5.41, 5.74) is 5.99. The number of nitrogens with zero attached hydrogens (tertiary/aromatic N) is 2. The maximum absolute atomic E-state index is 12.1. The molecule has 18 heavy (non-hydrogen) atoms. The molecule has 102 valence electrons. The van der Waals surface area contributed by atoms with Gasteiger partial charge in [0.25, 0.3) is 0 Å². The lowest BCUT2D eigenvalue weighted by Crippen LogP contribution is -2.39. The highest BCUT2D eigenvalue weighted by molar-refractivity contribution is 5.77. The van der Waals surface area contributed by atoms with E-state index in [2.05, 4.69) is 0 Å². The minimum atomic E-state index is 0.0321. The predicted octanol–water partition coefficient (Wildman–Crippen LogP) is 0.195. The van der Waals surface area contributed by atoms with Gasteiger partial charge in [0.05, 0.1) is 0 Å². The Labute approximate surface area is 108 Å². The van der Waals surface area contributed by atoms with Crippen molar-refractivity contribution in [1.29, 1.82) is 0 Å². The van der Waals surface area contributed by atoms with E-state index in [0.29, 0.717) is 25.4 Å². The first-order valence-corrected chi connectivity index (χ1v) is 6.87. The molecular weight excluding hydrogens is 230 g/mol. The summed E-state index contributed by atoms with van der Waals surface area (Å²) in [5.74, 6) is 0.813. The van der Waals surface area contributed by atoms with Crippen LogP contribution in [0.1, 0.15) is 32.6 Å². The van der Waals surface area contributed by atoms with Crippen molar-refractivity contribution in [3.05, 3.63) is 0 Å². The molecule has 0 radical (unpaired) electrons. The van der Waals surface area contributed by atoms with E-state index in [4.69, 9.17) is 5.73 Å². The number of hydrogen-bond acceptors (Lipinski definition) is 3. The van der Waals surface area contributed by atoms with Crippen LogP contribution in [0.4, 0.5) is 0 Å². The molecule has 0 spiro atoms. The highest BCUT2D eigenvalue weighted by Crippen LogP contribution is 2.33. The van der Waals surface area contributed by atoms with Crippen LogP contribution in [-0.2, 0) is 9.59 Å².